The summed E-state index contributed by atoms with van der Waals surface area (Å²) in [5.74, 6) is 0. The molecule has 12 heavy (non-hydrogen) atoms. The van der Waals surface area contributed by atoms with Gasteiger partial charge in [0.2, 0.25) is 0 Å². The molecule has 0 saturated carbocycles. The minimum atomic E-state index is 0.205. The van der Waals surface area contributed by atoms with Crippen molar-refractivity contribution in [2.75, 3.05) is 6.26 Å². The van der Waals surface area contributed by atoms with Crippen molar-refractivity contribution < 1.29 is 0 Å². The fourth-order valence-electron chi connectivity index (χ4n) is 1.37. The molecule has 1 unspecified atom stereocenters. The van der Waals surface area contributed by atoms with E-state index in [-0.39, 0.29) is 6.04 Å². The summed E-state index contributed by atoms with van der Waals surface area (Å²) in [6.45, 7) is 5.89. The number of allylic oxidation sites excluding steroid dienone is 2. The Bertz CT molecular complexity index is 251. The molecule has 2 N–H and O–H groups in total. The lowest BCUT2D eigenvalue weighted by atomic mass is 9.96. The van der Waals surface area contributed by atoms with Crippen LogP contribution in [0.25, 0.3) is 0 Å². The molecule has 0 bridgehead atoms. The van der Waals surface area contributed by atoms with E-state index in [1.165, 1.54) is 16.1 Å². The molecule has 0 aromatic heterocycles. The van der Waals surface area contributed by atoms with Gasteiger partial charge in [-0.05, 0) is 30.7 Å². The van der Waals surface area contributed by atoms with Gasteiger partial charge in [-0.25, -0.2) is 0 Å². The van der Waals surface area contributed by atoms with Gasteiger partial charge < -0.3 is 5.73 Å². The van der Waals surface area contributed by atoms with Crippen molar-refractivity contribution in [1.29, 1.82) is 0 Å². The number of hydrogen-bond donors (Lipinski definition) is 1. The van der Waals surface area contributed by atoms with E-state index in [0.29, 0.717) is 0 Å². The van der Waals surface area contributed by atoms with E-state index < -0.39 is 0 Å². The topological polar surface area (TPSA) is 26.0 Å². The molecule has 1 rings (SSSR count). The van der Waals surface area contributed by atoms with E-state index in [2.05, 4.69) is 25.8 Å². The molecule has 1 aliphatic rings. The molecule has 1 nitrogen and oxygen atoms in total. The fourth-order valence-corrected chi connectivity index (χ4v) is 2.25. The summed E-state index contributed by atoms with van der Waals surface area (Å²) in [6, 6.07) is 0.205. The Morgan fingerprint density at radius 1 is 1.75 bits per heavy atom. The number of hydrogen-bond acceptors (Lipinski definition) is 2. The van der Waals surface area contributed by atoms with E-state index in [4.69, 9.17) is 5.73 Å². The van der Waals surface area contributed by atoms with Gasteiger partial charge in [0, 0.05) is 10.9 Å². The highest BCUT2D eigenvalue weighted by Gasteiger charge is 2.15. The maximum Gasteiger partial charge on any atom is 0.0300 e. The van der Waals surface area contributed by atoms with Gasteiger partial charge >= 0.3 is 0 Å². The summed E-state index contributed by atoms with van der Waals surface area (Å²) in [7, 11) is 0. The summed E-state index contributed by atoms with van der Waals surface area (Å²) in [6.07, 6.45) is 7.09. The van der Waals surface area contributed by atoms with Gasteiger partial charge in [0.25, 0.3) is 0 Å². The molecule has 0 radical (unpaired) electrons. The van der Waals surface area contributed by atoms with Crippen LogP contribution in [-0.4, -0.2) is 12.3 Å². The monoisotopic (exact) mass is 181 g/mol. The van der Waals surface area contributed by atoms with Crippen LogP contribution in [0.2, 0.25) is 0 Å². The first kappa shape index (κ1) is 9.62. The van der Waals surface area contributed by atoms with E-state index in [0.717, 1.165) is 6.42 Å². The molecule has 2 heteroatoms. The highest BCUT2D eigenvalue weighted by atomic mass is 32.2. The van der Waals surface area contributed by atoms with Crippen molar-refractivity contribution in [1.82, 2.24) is 0 Å². The van der Waals surface area contributed by atoms with Crippen molar-refractivity contribution in [3.63, 3.8) is 0 Å². The Balaban J connectivity index is 3.02. The van der Waals surface area contributed by atoms with Crippen molar-refractivity contribution >= 4 is 11.8 Å². The van der Waals surface area contributed by atoms with Crippen molar-refractivity contribution in [2.24, 2.45) is 5.73 Å². The molecule has 0 heterocycles. The van der Waals surface area contributed by atoms with Crippen LogP contribution in [0.1, 0.15) is 13.3 Å². The van der Waals surface area contributed by atoms with E-state index in [1.54, 1.807) is 11.8 Å². The van der Waals surface area contributed by atoms with Gasteiger partial charge in [-0.1, -0.05) is 18.7 Å². The van der Waals surface area contributed by atoms with E-state index >= 15 is 0 Å². The molecule has 0 fully saturated rings. The lowest BCUT2D eigenvalue weighted by Crippen LogP contribution is -2.24. The summed E-state index contributed by atoms with van der Waals surface area (Å²) >= 11 is 1.75. The number of rotatable bonds is 2. The summed E-state index contributed by atoms with van der Waals surface area (Å²) in [5.41, 5.74) is 8.44. The van der Waals surface area contributed by atoms with Crippen LogP contribution in [0.15, 0.2) is 34.8 Å². The van der Waals surface area contributed by atoms with Crippen LogP contribution in [-0.2, 0) is 0 Å². The molecule has 0 amide bonds. The molecule has 0 spiro atoms. The number of nitrogens with two attached hydrogens (primary N) is 1. The average Bonchev–Trinajstić information content (AvgIpc) is 2.09. The molecule has 0 saturated heterocycles. The first-order valence-electron chi connectivity index (χ1n) is 4.04. The van der Waals surface area contributed by atoms with Crippen molar-refractivity contribution in [3.8, 4) is 0 Å². The highest BCUT2D eigenvalue weighted by molar-refractivity contribution is 8.02. The zero-order valence-electron chi connectivity index (χ0n) is 7.63. The Labute approximate surface area is 78.4 Å². The van der Waals surface area contributed by atoms with Crippen LogP contribution < -0.4 is 5.73 Å². The fraction of sp³-hybridized carbons (Fsp3) is 0.400. The molecule has 0 aromatic carbocycles. The SMILES string of the molecule is C=CC1=CCC(N)C(C)=C1SC. The molecule has 66 valence electrons. The molecular formula is C10H15NS. The highest BCUT2D eigenvalue weighted by Crippen LogP contribution is 2.31. The van der Waals surface area contributed by atoms with Gasteiger partial charge in [-0.2, -0.15) is 0 Å². The minimum absolute atomic E-state index is 0.205. The minimum Gasteiger partial charge on any atom is -0.324 e. The summed E-state index contributed by atoms with van der Waals surface area (Å²) in [5, 5.41) is 0. The Hall–Kier alpha value is -0.470. The second-order valence-electron chi connectivity index (χ2n) is 2.92. The van der Waals surface area contributed by atoms with Gasteiger partial charge in [-0.3, -0.25) is 0 Å². The molecular weight excluding hydrogens is 166 g/mol. The first-order chi connectivity index (χ1) is 5.70. The van der Waals surface area contributed by atoms with Gasteiger partial charge in [0.1, 0.15) is 0 Å². The normalized spacial score (nSPS) is 23.9. The van der Waals surface area contributed by atoms with Crippen LogP contribution >= 0.6 is 11.8 Å². The zero-order valence-corrected chi connectivity index (χ0v) is 8.45. The molecule has 1 atom stereocenters. The van der Waals surface area contributed by atoms with Crippen molar-refractivity contribution in [3.05, 3.63) is 34.8 Å². The van der Waals surface area contributed by atoms with Gasteiger partial charge in [0.05, 0.1) is 0 Å². The molecule has 0 aromatic rings. The third kappa shape index (κ3) is 1.65. The largest absolute Gasteiger partial charge is 0.324 e. The third-order valence-corrected chi connectivity index (χ3v) is 3.16. The second kappa shape index (κ2) is 3.97. The molecule has 0 aliphatic heterocycles. The van der Waals surface area contributed by atoms with E-state index in [1.807, 2.05) is 6.08 Å². The Kier molecular flexibility index (Phi) is 3.18. The maximum absolute atomic E-state index is 5.91. The first-order valence-corrected chi connectivity index (χ1v) is 5.26. The lowest BCUT2D eigenvalue weighted by Gasteiger charge is -2.21. The van der Waals surface area contributed by atoms with E-state index in [9.17, 15) is 0 Å². The quantitative estimate of drug-likeness (QED) is 0.708. The Morgan fingerprint density at radius 2 is 2.42 bits per heavy atom. The van der Waals surface area contributed by atoms with Crippen LogP contribution in [0, 0.1) is 0 Å². The standard InChI is InChI=1S/C10H15NS/c1-4-8-5-6-9(11)7(2)10(8)12-3/h4-5,9H,1,6,11H2,2-3H3. The smallest absolute Gasteiger partial charge is 0.0300 e. The van der Waals surface area contributed by atoms with Gasteiger partial charge in [-0.15, -0.1) is 11.8 Å². The summed E-state index contributed by atoms with van der Waals surface area (Å²) < 4.78 is 0. The number of thioether (sulfide) groups is 1. The third-order valence-electron chi connectivity index (χ3n) is 2.19. The van der Waals surface area contributed by atoms with Crippen LogP contribution in [0.5, 0.6) is 0 Å². The second-order valence-corrected chi connectivity index (χ2v) is 3.74. The van der Waals surface area contributed by atoms with Crippen LogP contribution in [0.3, 0.4) is 0 Å². The Morgan fingerprint density at radius 3 is 2.92 bits per heavy atom. The van der Waals surface area contributed by atoms with Crippen LogP contribution in [0.4, 0.5) is 0 Å². The van der Waals surface area contributed by atoms with Gasteiger partial charge in [0.15, 0.2) is 0 Å². The molecule has 1 aliphatic carbocycles. The average molecular weight is 181 g/mol. The predicted molar refractivity (Wildman–Crippen MR) is 57.1 cm³/mol. The maximum atomic E-state index is 5.91. The predicted octanol–water partition coefficient (Wildman–Crippen LogP) is 2.47. The summed E-state index contributed by atoms with van der Waals surface area (Å²) in [4.78, 5) is 1.30. The van der Waals surface area contributed by atoms with Crippen molar-refractivity contribution in [2.45, 2.75) is 19.4 Å². The zero-order chi connectivity index (χ0) is 9.14. The lowest BCUT2D eigenvalue weighted by molar-refractivity contribution is 0.767.